The maximum atomic E-state index is 11.6. The first kappa shape index (κ1) is 15.4. The van der Waals surface area contributed by atoms with E-state index in [4.69, 9.17) is 16.7 Å². The van der Waals surface area contributed by atoms with Crippen LogP contribution in [0.25, 0.3) is 11.6 Å². The molecule has 102 valence electrons. The number of unbranched alkanes of at least 4 members (excludes halogenated alkanes) is 2. The summed E-state index contributed by atoms with van der Waals surface area (Å²) in [6.07, 6.45) is 10.4. The smallest absolute Gasteiger partial charge is 0.421 e. The van der Waals surface area contributed by atoms with Crippen LogP contribution in [0.4, 0.5) is 0 Å². The number of hydrogen-bond acceptors (Lipinski definition) is 2. The first-order chi connectivity index (χ1) is 9.77. The lowest BCUT2D eigenvalue weighted by Gasteiger charge is -1.99. The molecule has 0 aromatic heterocycles. The van der Waals surface area contributed by atoms with Crippen molar-refractivity contribution in [2.24, 2.45) is 0 Å². The second-order valence-electron chi connectivity index (χ2n) is 4.03. The molecular weight excluding hydrogens is 252 g/mol. The Morgan fingerprint density at radius 2 is 2.10 bits per heavy atom. The number of esters is 1. The third-order valence-corrected chi connectivity index (χ3v) is 2.50. The van der Waals surface area contributed by atoms with E-state index in [1.807, 2.05) is 30.3 Å². The second-order valence-corrected chi connectivity index (χ2v) is 4.03. The van der Waals surface area contributed by atoms with E-state index in [9.17, 15) is 4.79 Å². The van der Waals surface area contributed by atoms with Crippen molar-refractivity contribution in [3.05, 3.63) is 47.5 Å². The minimum absolute atomic E-state index is 0.134. The van der Waals surface area contributed by atoms with E-state index in [0.29, 0.717) is 12.8 Å². The number of carbonyl (C=O) groups is 1. The van der Waals surface area contributed by atoms with Crippen molar-refractivity contribution in [3.63, 3.8) is 0 Å². The van der Waals surface area contributed by atoms with Crippen LogP contribution in [-0.4, -0.2) is 23.1 Å². The summed E-state index contributed by atoms with van der Waals surface area (Å²) in [6, 6.07) is 9.38. The standard InChI is InChI=1S/C16H16N2O2/c1-2-3-4-8-13-20-16(19)15(18-17)12-11-14-9-6-5-7-10-14/h1,5-7,9-12H,3-4,8,13H2/b12-11+. The lowest BCUT2D eigenvalue weighted by Crippen LogP contribution is -2.17. The third kappa shape index (κ3) is 5.81. The summed E-state index contributed by atoms with van der Waals surface area (Å²) in [7, 11) is 0. The van der Waals surface area contributed by atoms with Gasteiger partial charge in [-0.3, -0.25) is 0 Å². The maximum Gasteiger partial charge on any atom is 0.421 e. The average molecular weight is 268 g/mol. The molecule has 1 aromatic carbocycles. The molecule has 0 aliphatic carbocycles. The average Bonchev–Trinajstić information content (AvgIpc) is 2.48. The van der Waals surface area contributed by atoms with Crippen LogP contribution in [0.1, 0.15) is 24.8 Å². The molecule has 0 unspecified atom stereocenters. The van der Waals surface area contributed by atoms with Gasteiger partial charge in [0, 0.05) is 12.5 Å². The second kappa shape index (κ2) is 9.32. The number of benzene rings is 1. The first-order valence-electron chi connectivity index (χ1n) is 6.33. The Labute approximate surface area is 118 Å². The highest BCUT2D eigenvalue weighted by Gasteiger charge is 2.17. The zero-order valence-corrected chi connectivity index (χ0v) is 11.2. The molecule has 0 aliphatic heterocycles. The number of rotatable bonds is 7. The van der Waals surface area contributed by atoms with Crippen molar-refractivity contribution in [2.45, 2.75) is 19.3 Å². The van der Waals surface area contributed by atoms with Crippen molar-refractivity contribution < 1.29 is 14.3 Å². The molecular formula is C16H16N2O2. The minimum atomic E-state index is -0.652. The SMILES string of the molecule is C#CCCCCOC(=O)C(/C=C/c1ccccc1)=[N+]=[N-]. The van der Waals surface area contributed by atoms with Gasteiger partial charge in [0.25, 0.3) is 0 Å². The van der Waals surface area contributed by atoms with Gasteiger partial charge in [-0.15, -0.1) is 12.3 Å². The zero-order valence-electron chi connectivity index (χ0n) is 11.2. The van der Waals surface area contributed by atoms with Crippen LogP contribution in [0.5, 0.6) is 0 Å². The Morgan fingerprint density at radius 1 is 1.35 bits per heavy atom. The predicted molar refractivity (Wildman–Crippen MR) is 77.7 cm³/mol. The number of nitrogens with zero attached hydrogens (tertiary/aromatic N) is 2. The van der Waals surface area contributed by atoms with E-state index in [1.54, 1.807) is 6.08 Å². The molecule has 1 aromatic rings. The monoisotopic (exact) mass is 268 g/mol. The van der Waals surface area contributed by atoms with Crippen LogP contribution in [0.3, 0.4) is 0 Å². The molecule has 0 radical (unpaired) electrons. The van der Waals surface area contributed by atoms with Crippen molar-refractivity contribution in [3.8, 4) is 12.3 Å². The van der Waals surface area contributed by atoms with Crippen LogP contribution >= 0.6 is 0 Å². The van der Waals surface area contributed by atoms with Crippen LogP contribution in [0.2, 0.25) is 0 Å². The molecule has 0 atom stereocenters. The van der Waals surface area contributed by atoms with Gasteiger partial charge in [-0.2, -0.15) is 4.79 Å². The van der Waals surface area contributed by atoms with E-state index in [-0.39, 0.29) is 12.3 Å². The predicted octanol–water partition coefficient (Wildman–Crippen LogP) is 2.72. The number of terminal acetylenes is 1. The lowest BCUT2D eigenvalue weighted by molar-refractivity contribution is -0.140. The summed E-state index contributed by atoms with van der Waals surface area (Å²) < 4.78 is 4.98. The Hall–Kier alpha value is -2.63. The first-order valence-corrected chi connectivity index (χ1v) is 6.33. The van der Waals surface area contributed by atoms with Gasteiger partial charge in [0.2, 0.25) is 0 Å². The van der Waals surface area contributed by atoms with E-state index < -0.39 is 5.97 Å². The Morgan fingerprint density at radius 3 is 2.75 bits per heavy atom. The number of carbonyl (C=O) groups excluding carboxylic acids is 1. The normalized spacial score (nSPS) is 9.75. The van der Waals surface area contributed by atoms with E-state index >= 15 is 0 Å². The molecule has 20 heavy (non-hydrogen) atoms. The van der Waals surface area contributed by atoms with Crippen molar-refractivity contribution in [2.75, 3.05) is 6.61 Å². The fourth-order valence-corrected chi connectivity index (χ4v) is 1.45. The van der Waals surface area contributed by atoms with Crippen LogP contribution in [-0.2, 0) is 9.53 Å². The molecule has 1 rings (SSSR count). The molecule has 0 amide bonds. The minimum Gasteiger partial charge on any atom is -0.457 e. The highest BCUT2D eigenvalue weighted by atomic mass is 16.5. The summed E-state index contributed by atoms with van der Waals surface area (Å²) in [5.74, 6) is 1.86. The topological polar surface area (TPSA) is 62.7 Å². The fourth-order valence-electron chi connectivity index (χ4n) is 1.45. The molecule has 0 spiro atoms. The molecule has 0 aliphatic rings. The number of ether oxygens (including phenoxy) is 1. The van der Waals surface area contributed by atoms with Gasteiger partial charge in [-0.1, -0.05) is 30.3 Å². The Bertz CT molecular complexity index is 550. The van der Waals surface area contributed by atoms with Gasteiger partial charge in [-0.05, 0) is 24.5 Å². The van der Waals surface area contributed by atoms with E-state index in [1.165, 1.54) is 6.08 Å². The molecule has 0 saturated heterocycles. The lowest BCUT2D eigenvalue weighted by atomic mass is 10.2. The van der Waals surface area contributed by atoms with Crippen molar-refractivity contribution in [1.29, 1.82) is 0 Å². The Balaban J connectivity index is 2.47. The molecule has 4 nitrogen and oxygen atoms in total. The molecule has 0 heterocycles. The molecule has 0 N–H and O–H groups in total. The highest BCUT2D eigenvalue weighted by Crippen LogP contribution is 2.01. The van der Waals surface area contributed by atoms with Gasteiger partial charge in [-0.25, -0.2) is 4.79 Å². The summed E-state index contributed by atoms with van der Waals surface area (Å²) in [4.78, 5) is 14.6. The van der Waals surface area contributed by atoms with E-state index in [2.05, 4.69) is 10.7 Å². The number of hydrogen-bond donors (Lipinski definition) is 0. The summed E-state index contributed by atoms with van der Waals surface area (Å²) in [6.45, 7) is 0.263. The summed E-state index contributed by atoms with van der Waals surface area (Å²) in [5, 5.41) is 0. The van der Waals surface area contributed by atoms with Crippen LogP contribution in [0.15, 0.2) is 36.4 Å². The summed E-state index contributed by atoms with van der Waals surface area (Å²) >= 11 is 0. The molecule has 4 heteroatoms. The summed E-state index contributed by atoms with van der Waals surface area (Å²) in [5.41, 5.74) is 9.59. The van der Waals surface area contributed by atoms with Gasteiger partial charge in [0.15, 0.2) is 0 Å². The van der Waals surface area contributed by atoms with Crippen LogP contribution in [0, 0.1) is 12.3 Å². The zero-order chi connectivity index (χ0) is 14.6. The third-order valence-electron chi connectivity index (χ3n) is 2.50. The van der Waals surface area contributed by atoms with Crippen LogP contribution < -0.4 is 0 Å². The van der Waals surface area contributed by atoms with Crippen molar-refractivity contribution in [1.82, 2.24) is 0 Å². The Kier molecular flexibility index (Phi) is 7.19. The van der Waals surface area contributed by atoms with Gasteiger partial charge < -0.3 is 10.3 Å². The molecule has 0 fully saturated rings. The fraction of sp³-hybridized carbons (Fsp3) is 0.250. The highest BCUT2D eigenvalue weighted by molar-refractivity contribution is 6.39. The maximum absolute atomic E-state index is 11.6. The van der Waals surface area contributed by atoms with Crippen molar-refractivity contribution >= 4 is 17.8 Å². The largest absolute Gasteiger partial charge is 0.457 e. The van der Waals surface area contributed by atoms with Gasteiger partial charge >= 0.3 is 11.7 Å². The molecule has 0 bridgehead atoms. The molecule has 0 saturated carbocycles. The quantitative estimate of drug-likeness (QED) is 0.191. The van der Waals surface area contributed by atoms with Gasteiger partial charge in [0.1, 0.15) is 0 Å². The van der Waals surface area contributed by atoms with E-state index in [0.717, 1.165) is 12.0 Å². The van der Waals surface area contributed by atoms with Gasteiger partial charge in [0.05, 0.1) is 6.61 Å².